The van der Waals surface area contributed by atoms with E-state index in [0.717, 1.165) is 10.1 Å². The second kappa shape index (κ2) is 4.78. The summed E-state index contributed by atoms with van der Waals surface area (Å²) in [4.78, 5) is 3.36. The molecule has 1 aromatic carbocycles. The molecule has 0 atom stereocenters. The Hall–Kier alpha value is -1.27. The van der Waals surface area contributed by atoms with Crippen LogP contribution >= 0.6 is 15.9 Å². The Morgan fingerprint density at radius 2 is 2.00 bits per heavy atom. The monoisotopic (exact) mass is 302 g/mol. The first-order chi connectivity index (χ1) is 8.79. The van der Waals surface area contributed by atoms with Crippen molar-refractivity contribution >= 4 is 26.8 Å². The number of halogens is 1. The summed E-state index contributed by atoms with van der Waals surface area (Å²) in [6.07, 6.45) is 6.60. The van der Waals surface area contributed by atoms with E-state index in [1.807, 2.05) is 12.1 Å². The van der Waals surface area contributed by atoms with Crippen LogP contribution in [0.5, 0.6) is 0 Å². The molecule has 0 bridgehead atoms. The molecule has 1 aliphatic carbocycles. The van der Waals surface area contributed by atoms with Crippen LogP contribution in [0.25, 0.3) is 10.9 Å². The molecule has 0 spiro atoms. The van der Waals surface area contributed by atoms with Gasteiger partial charge in [0.25, 0.3) is 0 Å². The lowest BCUT2D eigenvalue weighted by molar-refractivity contribution is 0.444. The molecule has 1 aromatic heterocycles. The minimum Gasteiger partial charge on any atom is -0.349 e. The fourth-order valence-electron chi connectivity index (χ4n) is 3.05. The fourth-order valence-corrected chi connectivity index (χ4v) is 3.80. The van der Waals surface area contributed by atoms with Crippen LogP contribution in [0.2, 0.25) is 0 Å². The number of nitriles is 1. The van der Waals surface area contributed by atoms with Crippen LogP contribution in [0.4, 0.5) is 0 Å². The third kappa shape index (κ3) is 1.95. The van der Waals surface area contributed by atoms with Gasteiger partial charge in [0, 0.05) is 10.9 Å². The Bertz CT molecular complexity index is 615. The lowest BCUT2D eigenvalue weighted by atomic mass is 9.84. The number of fused-ring (bicyclic) bond motifs is 1. The quantitative estimate of drug-likeness (QED) is 0.803. The molecule has 0 amide bonds. The molecule has 1 heterocycles. The number of benzene rings is 1. The molecule has 92 valence electrons. The highest BCUT2D eigenvalue weighted by Gasteiger charge is 2.21. The smallest absolute Gasteiger partial charge is 0.0992 e. The molecule has 2 nitrogen and oxygen atoms in total. The Labute approximate surface area is 115 Å². The van der Waals surface area contributed by atoms with Crippen LogP contribution in [-0.2, 0) is 0 Å². The Balaban J connectivity index is 2.11. The standard InChI is InChI=1S/C15H15BrN2/c16-15-14(11-4-2-1-3-5-11)12-7-6-10(9-17)8-13(12)18-15/h6-8,11,18H,1-5H2. The highest BCUT2D eigenvalue weighted by molar-refractivity contribution is 9.10. The molecule has 18 heavy (non-hydrogen) atoms. The third-order valence-electron chi connectivity index (χ3n) is 3.93. The van der Waals surface area contributed by atoms with Crippen molar-refractivity contribution in [3.63, 3.8) is 0 Å². The van der Waals surface area contributed by atoms with Crippen LogP contribution in [0.1, 0.15) is 49.1 Å². The third-order valence-corrected chi connectivity index (χ3v) is 4.56. The van der Waals surface area contributed by atoms with Crippen LogP contribution in [0.3, 0.4) is 0 Å². The largest absolute Gasteiger partial charge is 0.349 e. The minimum atomic E-state index is 0.662. The SMILES string of the molecule is N#Cc1ccc2c(C3CCCCC3)c(Br)[nH]c2c1. The van der Waals surface area contributed by atoms with Crippen molar-refractivity contribution in [1.29, 1.82) is 5.26 Å². The first-order valence-electron chi connectivity index (χ1n) is 6.51. The molecule has 2 aromatic rings. The van der Waals surface area contributed by atoms with Gasteiger partial charge in [-0.1, -0.05) is 25.3 Å². The van der Waals surface area contributed by atoms with Gasteiger partial charge in [-0.2, -0.15) is 5.26 Å². The molecule has 0 saturated heterocycles. The maximum absolute atomic E-state index is 8.95. The van der Waals surface area contributed by atoms with Crippen LogP contribution < -0.4 is 0 Å². The molecule has 0 aliphatic heterocycles. The minimum absolute atomic E-state index is 0.662. The summed E-state index contributed by atoms with van der Waals surface area (Å²) in [5.74, 6) is 0.662. The molecule has 3 heteroatoms. The van der Waals surface area contributed by atoms with Gasteiger partial charge in [-0.15, -0.1) is 0 Å². The zero-order valence-electron chi connectivity index (χ0n) is 10.2. The predicted molar refractivity (Wildman–Crippen MR) is 76.5 cm³/mol. The van der Waals surface area contributed by atoms with Gasteiger partial charge in [0.2, 0.25) is 0 Å². The van der Waals surface area contributed by atoms with Crippen molar-refractivity contribution in [2.75, 3.05) is 0 Å². The molecule has 1 aliphatic rings. The summed E-state index contributed by atoms with van der Waals surface area (Å²) in [6.45, 7) is 0. The number of nitrogens with one attached hydrogen (secondary N) is 1. The van der Waals surface area contributed by atoms with E-state index >= 15 is 0 Å². The molecular formula is C15H15BrN2. The van der Waals surface area contributed by atoms with Gasteiger partial charge >= 0.3 is 0 Å². The zero-order valence-corrected chi connectivity index (χ0v) is 11.8. The van der Waals surface area contributed by atoms with E-state index < -0.39 is 0 Å². The Morgan fingerprint density at radius 3 is 2.72 bits per heavy atom. The highest BCUT2D eigenvalue weighted by atomic mass is 79.9. The number of aromatic amines is 1. The van der Waals surface area contributed by atoms with E-state index in [0.29, 0.717) is 11.5 Å². The van der Waals surface area contributed by atoms with E-state index in [2.05, 4.69) is 33.0 Å². The Morgan fingerprint density at radius 1 is 1.22 bits per heavy atom. The molecule has 0 radical (unpaired) electrons. The first kappa shape index (κ1) is 11.8. The van der Waals surface area contributed by atoms with E-state index in [1.54, 1.807) is 0 Å². The molecule has 1 fully saturated rings. The molecule has 3 rings (SSSR count). The van der Waals surface area contributed by atoms with Crippen LogP contribution in [0, 0.1) is 11.3 Å². The first-order valence-corrected chi connectivity index (χ1v) is 7.30. The van der Waals surface area contributed by atoms with Gasteiger partial charge in [-0.05, 0) is 52.4 Å². The van der Waals surface area contributed by atoms with Gasteiger partial charge in [0.15, 0.2) is 0 Å². The normalized spacial score (nSPS) is 16.9. The lowest BCUT2D eigenvalue weighted by Gasteiger charge is -2.21. The number of rotatable bonds is 1. The van der Waals surface area contributed by atoms with Crippen molar-refractivity contribution in [1.82, 2.24) is 4.98 Å². The lowest BCUT2D eigenvalue weighted by Crippen LogP contribution is -2.04. The average Bonchev–Trinajstić information content (AvgIpc) is 2.74. The molecule has 1 saturated carbocycles. The maximum Gasteiger partial charge on any atom is 0.0992 e. The fraction of sp³-hybridized carbons (Fsp3) is 0.400. The van der Waals surface area contributed by atoms with Crippen LogP contribution in [-0.4, -0.2) is 4.98 Å². The summed E-state index contributed by atoms with van der Waals surface area (Å²) >= 11 is 3.65. The van der Waals surface area contributed by atoms with Crippen molar-refractivity contribution < 1.29 is 0 Å². The van der Waals surface area contributed by atoms with E-state index in [-0.39, 0.29) is 0 Å². The highest BCUT2D eigenvalue weighted by Crippen LogP contribution is 2.40. The number of hydrogen-bond acceptors (Lipinski definition) is 1. The predicted octanol–water partition coefficient (Wildman–Crippen LogP) is 4.85. The van der Waals surface area contributed by atoms with Crippen molar-refractivity contribution in [3.8, 4) is 6.07 Å². The molecular weight excluding hydrogens is 288 g/mol. The Kier molecular flexibility index (Phi) is 3.13. The summed E-state index contributed by atoms with van der Waals surface area (Å²) < 4.78 is 1.10. The van der Waals surface area contributed by atoms with Gasteiger partial charge in [0.1, 0.15) is 0 Å². The molecule has 1 N–H and O–H groups in total. The number of hydrogen-bond donors (Lipinski definition) is 1. The summed E-state index contributed by atoms with van der Waals surface area (Å²) in [5, 5.41) is 10.2. The zero-order chi connectivity index (χ0) is 12.5. The summed E-state index contributed by atoms with van der Waals surface area (Å²) in [5.41, 5.74) is 3.20. The number of H-pyrrole nitrogens is 1. The van der Waals surface area contributed by atoms with Gasteiger partial charge in [-0.25, -0.2) is 0 Å². The van der Waals surface area contributed by atoms with E-state index in [9.17, 15) is 0 Å². The second-order valence-corrected chi connectivity index (χ2v) is 5.85. The van der Waals surface area contributed by atoms with Gasteiger partial charge in [-0.3, -0.25) is 0 Å². The van der Waals surface area contributed by atoms with E-state index in [1.165, 1.54) is 43.1 Å². The maximum atomic E-state index is 8.95. The van der Waals surface area contributed by atoms with Gasteiger partial charge < -0.3 is 4.98 Å². The van der Waals surface area contributed by atoms with Crippen molar-refractivity contribution in [2.24, 2.45) is 0 Å². The summed E-state index contributed by atoms with van der Waals surface area (Å²) in [7, 11) is 0. The number of aromatic nitrogens is 1. The number of nitrogens with zero attached hydrogens (tertiary/aromatic N) is 1. The molecule has 0 unspecified atom stereocenters. The summed E-state index contributed by atoms with van der Waals surface area (Å²) in [6, 6.07) is 8.12. The topological polar surface area (TPSA) is 39.6 Å². The second-order valence-electron chi connectivity index (χ2n) is 5.06. The van der Waals surface area contributed by atoms with Gasteiger partial charge in [0.05, 0.1) is 16.2 Å². The average molecular weight is 303 g/mol. The van der Waals surface area contributed by atoms with Crippen molar-refractivity contribution in [2.45, 2.75) is 38.0 Å². The van der Waals surface area contributed by atoms with Crippen LogP contribution in [0.15, 0.2) is 22.8 Å². The van der Waals surface area contributed by atoms with E-state index in [4.69, 9.17) is 5.26 Å². The van der Waals surface area contributed by atoms with Crippen molar-refractivity contribution in [3.05, 3.63) is 33.9 Å².